The maximum Gasteiger partial charge on any atom is 0.156 e. The molecule has 1 fully saturated rings. The van der Waals surface area contributed by atoms with E-state index in [0.717, 1.165) is 22.9 Å². The summed E-state index contributed by atoms with van der Waals surface area (Å²) in [6.07, 6.45) is 9.88. The fraction of sp³-hybridized carbons (Fsp3) is 0.353. The molecule has 1 N–H and O–H groups in total. The molecule has 4 nitrogen and oxygen atoms in total. The quantitative estimate of drug-likeness (QED) is 0.740. The van der Waals surface area contributed by atoms with Crippen LogP contribution in [0.5, 0.6) is 0 Å². The predicted octanol–water partition coefficient (Wildman–Crippen LogP) is 4.99. The van der Waals surface area contributed by atoms with Gasteiger partial charge in [-0.2, -0.15) is 0 Å². The first-order chi connectivity index (χ1) is 10.8. The Hall–Kier alpha value is -1.94. The zero-order valence-electron chi connectivity index (χ0n) is 12.3. The Kier molecular flexibility index (Phi) is 3.54. The first-order valence-corrected chi connectivity index (χ1v) is 8.17. The number of nitrogens with zero attached hydrogens (tertiary/aromatic N) is 2. The van der Waals surface area contributed by atoms with Crippen molar-refractivity contribution >= 4 is 23.1 Å². The largest absolute Gasteiger partial charge is 0.463 e. The van der Waals surface area contributed by atoms with E-state index in [1.54, 1.807) is 6.26 Å². The predicted molar refractivity (Wildman–Crippen MR) is 88.4 cm³/mol. The molecular formula is C17H18ClN3O. The number of anilines is 1. The molecule has 0 spiro atoms. The molecule has 1 aliphatic carbocycles. The van der Waals surface area contributed by atoms with E-state index in [2.05, 4.69) is 5.32 Å². The van der Waals surface area contributed by atoms with Crippen LogP contribution in [0.25, 0.3) is 17.1 Å². The third-order valence-corrected chi connectivity index (χ3v) is 4.51. The van der Waals surface area contributed by atoms with E-state index in [1.165, 1.54) is 32.1 Å². The van der Waals surface area contributed by atoms with Crippen LogP contribution in [0.2, 0.25) is 5.02 Å². The van der Waals surface area contributed by atoms with Gasteiger partial charge in [0.15, 0.2) is 5.76 Å². The molecule has 0 radical (unpaired) electrons. The van der Waals surface area contributed by atoms with Crippen LogP contribution >= 0.6 is 11.6 Å². The summed E-state index contributed by atoms with van der Waals surface area (Å²) in [5.74, 6) is 1.75. The Morgan fingerprint density at radius 3 is 2.82 bits per heavy atom. The van der Waals surface area contributed by atoms with Crippen molar-refractivity contribution in [1.82, 2.24) is 9.38 Å². The van der Waals surface area contributed by atoms with Crippen molar-refractivity contribution in [3.05, 3.63) is 41.7 Å². The van der Waals surface area contributed by atoms with Crippen LogP contribution in [0.15, 0.2) is 41.1 Å². The summed E-state index contributed by atoms with van der Waals surface area (Å²) in [5, 5.41) is 4.37. The molecule has 3 aromatic heterocycles. The van der Waals surface area contributed by atoms with Crippen molar-refractivity contribution in [3.8, 4) is 11.5 Å². The topological polar surface area (TPSA) is 42.5 Å². The van der Waals surface area contributed by atoms with E-state index < -0.39 is 0 Å². The zero-order chi connectivity index (χ0) is 14.9. The van der Waals surface area contributed by atoms with E-state index in [1.807, 2.05) is 34.9 Å². The normalized spacial score (nSPS) is 16.2. The number of aromatic nitrogens is 2. The molecule has 0 amide bonds. The SMILES string of the molecule is Clc1ccc2nc(-c3ccco3)c(NC3CCCCC3)n2c1. The van der Waals surface area contributed by atoms with E-state index in [0.29, 0.717) is 11.1 Å². The molecule has 5 heteroatoms. The van der Waals surface area contributed by atoms with Gasteiger partial charge in [-0.25, -0.2) is 4.98 Å². The molecule has 0 aliphatic heterocycles. The summed E-state index contributed by atoms with van der Waals surface area (Å²) in [4.78, 5) is 4.71. The molecule has 22 heavy (non-hydrogen) atoms. The summed E-state index contributed by atoms with van der Waals surface area (Å²) >= 11 is 6.17. The number of furan rings is 1. The fourth-order valence-electron chi connectivity index (χ4n) is 3.18. The van der Waals surface area contributed by atoms with Crippen LogP contribution < -0.4 is 5.32 Å². The van der Waals surface area contributed by atoms with Gasteiger partial charge in [-0.05, 0) is 37.1 Å². The minimum Gasteiger partial charge on any atom is -0.463 e. The fourth-order valence-corrected chi connectivity index (χ4v) is 3.34. The lowest BCUT2D eigenvalue weighted by atomic mass is 9.95. The zero-order valence-corrected chi connectivity index (χ0v) is 13.0. The van der Waals surface area contributed by atoms with Gasteiger partial charge in [0.25, 0.3) is 0 Å². The van der Waals surface area contributed by atoms with Gasteiger partial charge in [-0.3, -0.25) is 4.40 Å². The highest BCUT2D eigenvalue weighted by Gasteiger charge is 2.20. The Bertz CT molecular complexity index is 773. The summed E-state index contributed by atoms with van der Waals surface area (Å²) in [7, 11) is 0. The lowest BCUT2D eigenvalue weighted by Crippen LogP contribution is -2.23. The highest BCUT2D eigenvalue weighted by Crippen LogP contribution is 2.32. The third kappa shape index (κ3) is 2.48. The second kappa shape index (κ2) is 5.69. The third-order valence-electron chi connectivity index (χ3n) is 4.28. The smallest absolute Gasteiger partial charge is 0.156 e. The van der Waals surface area contributed by atoms with Crippen molar-refractivity contribution in [3.63, 3.8) is 0 Å². The number of pyridine rings is 1. The lowest BCUT2D eigenvalue weighted by molar-refractivity contribution is 0.461. The van der Waals surface area contributed by atoms with E-state index in [-0.39, 0.29) is 0 Å². The van der Waals surface area contributed by atoms with Crippen LogP contribution in [0.3, 0.4) is 0 Å². The van der Waals surface area contributed by atoms with Gasteiger partial charge in [-0.15, -0.1) is 0 Å². The van der Waals surface area contributed by atoms with E-state index >= 15 is 0 Å². The van der Waals surface area contributed by atoms with Gasteiger partial charge in [0.2, 0.25) is 0 Å². The Morgan fingerprint density at radius 1 is 1.18 bits per heavy atom. The number of imidazole rings is 1. The Balaban J connectivity index is 1.81. The number of halogens is 1. The number of hydrogen-bond donors (Lipinski definition) is 1. The molecule has 1 aliphatic rings. The molecule has 0 bridgehead atoms. The average Bonchev–Trinajstić information content (AvgIpc) is 3.17. The van der Waals surface area contributed by atoms with E-state index in [4.69, 9.17) is 21.0 Å². The van der Waals surface area contributed by atoms with Crippen molar-refractivity contribution in [1.29, 1.82) is 0 Å². The molecule has 1 saturated carbocycles. The maximum absolute atomic E-state index is 6.17. The summed E-state index contributed by atoms with van der Waals surface area (Å²) in [5.41, 5.74) is 1.71. The molecule has 3 heterocycles. The lowest BCUT2D eigenvalue weighted by Gasteiger charge is -2.23. The summed E-state index contributed by atoms with van der Waals surface area (Å²) in [6, 6.07) is 8.11. The molecule has 0 saturated heterocycles. The van der Waals surface area contributed by atoms with Crippen molar-refractivity contribution in [2.75, 3.05) is 5.32 Å². The Morgan fingerprint density at radius 2 is 2.05 bits per heavy atom. The average molecular weight is 316 g/mol. The molecule has 114 valence electrons. The van der Waals surface area contributed by atoms with Crippen LogP contribution in [-0.4, -0.2) is 15.4 Å². The van der Waals surface area contributed by atoms with Gasteiger partial charge >= 0.3 is 0 Å². The second-order valence-corrected chi connectivity index (χ2v) is 6.28. The second-order valence-electron chi connectivity index (χ2n) is 5.84. The first kappa shape index (κ1) is 13.7. The maximum atomic E-state index is 6.17. The Labute approximate surface area is 134 Å². The van der Waals surface area contributed by atoms with Gasteiger partial charge in [0, 0.05) is 12.2 Å². The number of rotatable bonds is 3. The van der Waals surface area contributed by atoms with Crippen LogP contribution in [0.1, 0.15) is 32.1 Å². The number of fused-ring (bicyclic) bond motifs is 1. The van der Waals surface area contributed by atoms with Gasteiger partial charge in [0.1, 0.15) is 17.2 Å². The molecular weight excluding hydrogens is 298 g/mol. The van der Waals surface area contributed by atoms with Gasteiger partial charge in [0.05, 0.1) is 11.3 Å². The molecule has 0 aromatic carbocycles. The van der Waals surface area contributed by atoms with Crippen LogP contribution in [-0.2, 0) is 0 Å². The number of hydrogen-bond acceptors (Lipinski definition) is 3. The van der Waals surface area contributed by atoms with Crippen molar-refractivity contribution < 1.29 is 4.42 Å². The standard InChI is InChI=1S/C17H18ClN3O/c18-12-8-9-15-20-16(14-7-4-10-22-14)17(21(15)11-12)19-13-5-2-1-3-6-13/h4,7-11,13,19H,1-3,5-6H2. The highest BCUT2D eigenvalue weighted by atomic mass is 35.5. The van der Waals surface area contributed by atoms with Gasteiger partial charge in [-0.1, -0.05) is 30.9 Å². The summed E-state index contributed by atoms with van der Waals surface area (Å²) < 4.78 is 7.58. The van der Waals surface area contributed by atoms with Crippen LogP contribution in [0, 0.1) is 0 Å². The van der Waals surface area contributed by atoms with Crippen molar-refractivity contribution in [2.45, 2.75) is 38.1 Å². The minimum absolute atomic E-state index is 0.487. The van der Waals surface area contributed by atoms with Crippen LogP contribution in [0.4, 0.5) is 5.82 Å². The van der Waals surface area contributed by atoms with Gasteiger partial charge < -0.3 is 9.73 Å². The number of nitrogens with one attached hydrogen (secondary N) is 1. The first-order valence-electron chi connectivity index (χ1n) is 7.79. The summed E-state index contributed by atoms with van der Waals surface area (Å²) in [6.45, 7) is 0. The highest BCUT2D eigenvalue weighted by molar-refractivity contribution is 6.30. The molecule has 0 atom stereocenters. The molecule has 3 aromatic rings. The van der Waals surface area contributed by atoms with E-state index in [9.17, 15) is 0 Å². The molecule has 0 unspecified atom stereocenters. The monoisotopic (exact) mass is 315 g/mol. The minimum atomic E-state index is 0.487. The van der Waals surface area contributed by atoms with Crippen molar-refractivity contribution in [2.24, 2.45) is 0 Å². The molecule has 4 rings (SSSR count).